The van der Waals surface area contributed by atoms with Gasteiger partial charge in [-0.25, -0.2) is 0 Å². The van der Waals surface area contributed by atoms with E-state index in [0.29, 0.717) is 5.69 Å². The summed E-state index contributed by atoms with van der Waals surface area (Å²) in [6, 6.07) is 8.04. The summed E-state index contributed by atoms with van der Waals surface area (Å²) in [5, 5.41) is 4.13. The van der Waals surface area contributed by atoms with Gasteiger partial charge in [-0.3, -0.25) is 4.68 Å². The summed E-state index contributed by atoms with van der Waals surface area (Å²) in [6.45, 7) is 0.824. The molecule has 0 aliphatic heterocycles. The number of hydrogen-bond acceptors (Lipinski definition) is 3. The van der Waals surface area contributed by atoms with E-state index >= 15 is 0 Å². The predicted molar refractivity (Wildman–Crippen MR) is 63.3 cm³/mol. The van der Waals surface area contributed by atoms with Gasteiger partial charge in [0.15, 0.2) is 0 Å². The molecule has 0 saturated carbocycles. The van der Waals surface area contributed by atoms with Crippen LogP contribution in [0.25, 0.3) is 0 Å². The molecule has 0 amide bonds. The number of ether oxygens (including phenoxy) is 1. The number of nitrogens with two attached hydrogens (primary N) is 1. The van der Waals surface area contributed by atoms with Crippen molar-refractivity contribution in [1.82, 2.24) is 9.78 Å². The van der Waals surface area contributed by atoms with Crippen LogP contribution in [-0.2, 0) is 13.0 Å². The normalized spacial score (nSPS) is 10.3. The molecule has 1 aromatic heterocycles. The maximum absolute atomic E-state index is 5.59. The number of nitrogens with zero attached hydrogens (tertiary/aromatic N) is 2. The van der Waals surface area contributed by atoms with E-state index in [9.17, 15) is 0 Å². The van der Waals surface area contributed by atoms with Gasteiger partial charge >= 0.3 is 0 Å². The molecule has 16 heavy (non-hydrogen) atoms. The molecule has 0 aliphatic carbocycles. The van der Waals surface area contributed by atoms with E-state index in [1.807, 2.05) is 29.1 Å². The van der Waals surface area contributed by atoms with Crippen LogP contribution in [0.15, 0.2) is 36.7 Å². The van der Waals surface area contributed by atoms with E-state index < -0.39 is 0 Å². The van der Waals surface area contributed by atoms with Gasteiger partial charge in [-0.2, -0.15) is 5.10 Å². The Balaban J connectivity index is 1.99. The van der Waals surface area contributed by atoms with Gasteiger partial charge in [-0.1, -0.05) is 12.1 Å². The molecular weight excluding hydrogens is 202 g/mol. The zero-order chi connectivity index (χ0) is 11.4. The Labute approximate surface area is 94.6 Å². The lowest BCUT2D eigenvalue weighted by molar-refractivity contribution is 0.414. The predicted octanol–water partition coefficient (Wildman–Crippen LogP) is 1.72. The molecule has 4 heteroatoms. The number of rotatable bonds is 4. The monoisotopic (exact) mass is 217 g/mol. The third-order valence-electron chi connectivity index (χ3n) is 2.42. The minimum atomic E-state index is 0.700. The van der Waals surface area contributed by atoms with E-state index in [1.165, 1.54) is 5.56 Å². The molecule has 4 nitrogen and oxygen atoms in total. The number of aryl methyl sites for hydroxylation is 2. The third kappa shape index (κ3) is 2.53. The molecule has 0 radical (unpaired) electrons. The topological polar surface area (TPSA) is 53.1 Å². The van der Waals surface area contributed by atoms with E-state index in [1.54, 1.807) is 13.3 Å². The first-order chi connectivity index (χ1) is 7.78. The summed E-state index contributed by atoms with van der Waals surface area (Å²) in [4.78, 5) is 0. The number of anilines is 1. The van der Waals surface area contributed by atoms with Crippen molar-refractivity contribution in [2.45, 2.75) is 13.0 Å². The molecule has 0 saturated heterocycles. The molecule has 0 unspecified atom stereocenters. The highest BCUT2D eigenvalue weighted by Gasteiger charge is 1.98. The molecule has 2 aromatic rings. The Morgan fingerprint density at radius 1 is 1.44 bits per heavy atom. The van der Waals surface area contributed by atoms with Crippen LogP contribution in [0.1, 0.15) is 5.56 Å². The summed E-state index contributed by atoms with van der Waals surface area (Å²) in [6.07, 6.45) is 4.41. The van der Waals surface area contributed by atoms with Crippen LogP contribution in [-0.4, -0.2) is 16.9 Å². The lowest BCUT2D eigenvalue weighted by Crippen LogP contribution is -2.01. The first-order valence-electron chi connectivity index (χ1n) is 5.19. The smallest absolute Gasteiger partial charge is 0.119 e. The first-order valence-corrected chi connectivity index (χ1v) is 5.19. The highest BCUT2D eigenvalue weighted by molar-refractivity contribution is 5.31. The Morgan fingerprint density at radius 2 is 2.31 bits per heavy atom. The fourth-order valence-corrected chi connectivity index (χ4v) is 1.57. The average molecular weight is 217 g/mol. The highest BCUT2D eigenvalue weighted by atomic mass is 16.5. The van der Waals surface area contributed by atoms with Gasteiger partial charge in [-0.15, -0.1) is 0 Å². The Morgan fingerprint density at radius 3 is 3.00 bits per heavy atom. The Bertz CT molecular complexity index is 465. The number of methoxy groups -OCH3 is 1. The zero-order valence-corrected chi connectivity index (χ0v) is 9.26. The van der Waals surface area contributed by atoms with Crippen LogP contribution in [0.3, 0.4) is 0 Å². The van der Waals surface area contributed by atoms with Gasteiger partial charge in [0.25, 0.3) is 0 Å². The fourth-order valence-electron chi connectivity index (χ4n) is 1.57. The lowest BCUT2D eigenvalue weighted by atomic mass is 10.1. The quantitative estimate of drug-likeness (QED) is 0.848. The van der Waals surface area contributed by atoms with Crippen LogP contribution in [0.5, 0.6) is 5.75 Å². The van der Waals surface area contributed by atoms with Crippen molar-refractivity contribution in [1.29, 1.82) is 0 Å². The number of benzene rings is 1. The molecule has 1 aromatic carbocycles. The standard InChI is InChI=1S/C12H15N3O/c1-16-12-4-2-3-10(7-12)5-6-15-9-11(13)8-14-15/h2-4,7-9H,5-6,13H2,1H3. The second-order valence-corrected chi connectivity index (χ2v) is 3.64. The SMILES string of the molecule is COc1cccc(CCn2cc(N)cn2)c1. The maximum atomic E-state index is 5.59. The second kappa shape index (κ2) is 4.70. The van der Waals surface area contributed by atoms with Crippen molar-refractivity contribution in [2.75, 3.05) is 12.8 Å². The number of nitrogen functional groups attached to an aromatic ring is 1. The van der Waals surface area contributed by atoms with Gasteiger partial charge in [0.05, 0.1) is 19.0 Å². The van der Waals surface area contributed by atoms with Gasteiger partial charge in [0, 0.05) is 12.7 Å². The van der Waals surface area contributed by atoms with Gasteiger partial charge in [0.1, 0.15) is 5.75 Å². The largest absolute Gasteiger partial charge is 0.497 e. The van der Waals surface area contributed by atoms with Crippen molar-refractivity contribution in [3.63, 3.8) is 0 Å². The first kappa shape index (κ1) is 10.5. The van der Waals surface area contributed by atoms with Crippen molar-refractivity contribution in [3.8, 4) is 5.75 Å². The van der Waals surface area contributed by atoms with Crippen molar-refractivity contribution >= 4 is 5.69 Å². The summed E-state index contributed by atoms with van der Waals surface area (Å²) >= 11 is 0. The number of aromatic nitrogens is 2. The molecule has 2 N–H and O–H groups in total. The van der Waals surface area contributed by atoms with Crippen molar-refractivity contribution in [3.05, 3.63) is 42.2 Å². The molecule has 0 fully saturated rings. The molecule has 0 atom stereocenters. The van der Waals surface area contributed by atoms with E-state index in [-0.39, 0.29) is 0 Å². The second-order valence-electron chi connectivity index (χ2n) is 3.64. The number of hydrogen-bond donors (Lipinski definition) is 1. The fraction of sp³-hybridized carbons (Fsp3) is 0.250. The van der Waals surface area contributed by atoms with Gasteiger partial charge < -0.3 is 10.5 Å². The average Bonchev–Trinajstić information content (AvgIpc) is 2.73. The van der Waals surface area contributed by atoms with Gasteiger partial charge in [0.2, 0.25) is 0 Å². The molecule has 0 spiro atoms. The zero-order valence-electron chi connectivity index (χ0n) is 9.26. The van der Waals surface area contributed by atoms with E-state index in [2.05, 4.69) is 11.2 Å². The molecule has 0 bridgehead atoms. The van der Waals surface area contributed by atoms with Crippen LogP contribution in [0.2, 0.25) is 0 Å². The molecule has 0 aliphatic rings. The van der Waals surface area contributed by atoms with E-state index in [4.69, 9.17) is 10.5 Å². The summed E-state index contributed by atoms with van der Waals surface area (Å²) < 4.78 is 7.01. The molecule has 84 valence electrons. The minimum absolute atomic E-state index is 0.700. The summed E-state index contributed by atoms with van der Waals surface area (Å²) in [5.74, 6) is 0.887. The van der Waals surface area contributed by atoms with Crippen LogP contribution in [0.4, 0.5) is 5.69 Å². The lowest BCUT2D eigenvalue weighted by Gasteiger charge is -2.04. The van der Waals surface area contributed by atoms with Crippen molar-refractivity contribution in [2.24, 2.45) is 0 Å². The Kier molecular flexibility index (Phi) is 3.10. The van der Waals surface area contributed by atoms with Crippen LogP contribution >= 0.6 is 0 Å². The van der Waals surface area contributed by atoms with Gasteiger partial charge in [-0.05, 0) is 24.1 Å². The molecule has 2 rings (SSSR count). The van der Waals surface area contributed by atoms with E-state index in [0.717, 1.165) is 18.7 Å². The molecular formula is C12H15N3O. The van der Waals surface area contributed by atoms with Crippen LogP contribution in [0, 0.1) is 0 Å². The summed E-state index contributed by atoms with van der Waals surface area (Å²) in [5.41, 5.74) is 7.52. The molecule has 1 heterocycles. The minimum Gasteiger partial charge on any atom is -0.497 e. The third-order valence-corrected chi connectivity index (χ3v) is 2.42. The maximum Gasteiger partial charge on any atom is 0.119 e. The Hall–Kier alpha value is -1.97. The summed E-state index contributed by atoms with van der Waals surface area (Å²) in [7, 11) is 1.67. The van der Waals surface area contributed by atoms with Crippen LogP contribution < -0.4 is 10.5 Å². The van der Waals surface area contributed by atoms with Crippen molar-refractivity contribution < 1.29 is 4.74 Å². The highest BCUT2D eigenvalue weighted by Crippen LogP contribution is 2.13.